The lowest BCUT2D eigenvalue weighted by molar-refractivity contribution is 0.103. The van der Waals surface area contributed by atoms with Crippen LogP contribution in [0.4, 0.5) is 11.6 Å². The molecule has 1 aromatic carbocycles. The monoisotopic (exact) mass is 516 g/mol. The SMILES string of the molecule is O=C(Nc1ccc(S(=O)(=O)Nc2ncccn2)cc1)c1cc(Br)c(Br)s1. The van der Waals surface area contributed by atoms with Gasteiger partial charge >= 0.3 is 0 Å². The first kappa shape index (κ1) is 19.0. The lowest BCUT2D eigenvalue weighted by Crippen LogP contribution is -2.15. The Balaban J connectivity index is 1.72. The highest BCUT2D eigenvalue weighted by atomic mass is 79.9. The minimum Gasteiger partial charge on any atom is -0.321 e. The van der Waals surface area contributed by atoms with E-state index in [1.165, 1.54) is 48.0 Å². The van der Waals surface area contributed by atoms with Crippen molar-refractivity contribution in [1.29, 1.82) is 0 Å². The first-order chi connectivity index (χ1) is 12.3. The standard InChI is InChI=1S/C15H10Br2N4O3S2/c16-11-8-12(25-13(11)17)14(22)20-9-2-4-10(5-3-9)26(23,24)21-15-18-6-1-7-19-15/h1-8H,(H,20,22)(H,18,19,21). The Hall–Kier alpha value is -1.82. The van der Waals surface area contributed by atoms with Crippen molar-refractivity contribution >= 4 is 70.8 Å². The molecule has 0 bridgehead atoms. The zero-order valence-corrected chi connectivity index (χ0v) is 17.6. The second-order valence-corrected chi connectivity index (χ2v) is 9.80. The molecule has 0 atom stereocenters. The summed E-state index contributed by atoms with van der Waals surface area (Å²) < 4.78 is 28.5. The van der Waals surface area contributed by atoms with Gasteiger partial charge in [0.05, 0.1) is 13.6 Å². The number of carbonyl (C=O) groups excluding carboxylic acids is 1. The summed E-state index contributed by atoms with van der Waals surface area (Å²) in [7, 11) is -3.81. The van der Waals surface area contributed by atoms with Crippen molar-refractivity contribution in [3.8, 4) is 0 Å². The molecule has 11 heteroatoms. The van der Waals surface area contributed by atoms with Crippen LogP contribution in [-0.4, -0.2) is 24.3 Å². The second kappa shape index (κ2) is 7.82. The number of thiophene rings is 1. The van der Waals surface area contributed by atoms with Crippen LogP contribution in [0.2, 0.25) is 0 Å². The molecule has 0 fully saturated rings. The summed E-state index contributed by atoms with van der Waals surface area (Å²) in [5, 5.41) is 2.72. The van der Waals surface area contributed by atoms with Crippen LogP contribution < -0.4 is 10.0 Å². The van der Waals surface area contributed by atoms with E-state index in [4.69, 9.17) is 0 Å². The minimum atomic E-state index is -3.81. The van der Waals surface area contributed by atoms with Gasteiger partial charge in [-0.05, 0) is 68.3 Å². The Labute approximate surface area is 170 Å². The van der Waals surface area contributed by atoms with Crippen LogP contribution in [0, 0.1) is 0 Å². The molecule has 0 aliphatic heterocycles. The van der Waals surface area contributed by atoms with E-state index in [1.54, 1.807) is 12.1 Å². The highest BCUT2D eigenvalue weighted by molar-refractivity contribution is 9.13. The van der Waals surface area contributed by atoms with Crippen LogP contribution >= 0.6 is 43.2 Å². The number of benzene rings is 1. The minimum absolute atomic E-state index is 0.0151. The first-order valence-electron chi connectivity index (χ1n) is 7.01. The van der Waals surface area contributed by atoms with E-state index in [9.17, 15) is 13.2 Å². The van der Waals surface area contributed by atoms with Gasteiger partial charge in [-0.15, -0.1) is 11.3 Å². The third kappa shape index (κ3) is 4.47. The van der Waals surface area contributed by atoms with Crippen molar-refractivity contribution in [3.63, 3.8) is 0 Å². The molecule has 2 aromatic heterocycles. The zero-order chi connectivity index (χ0) is 18.7. The number of rotatable bonds is 5. The van der Waals surface area contributed by atoms with Gasteiger partial charge in [0.1, 0.15) is 0 Å². The van der Waals surface area contributed by atoms with Crippen LogP contribution in [0.3, 0.4) is 0 Å². The molecule has 1 amide bonds. The van der Waals surface area contributed by atoms with E-state index < -0.39 is 10.0 Å². The van der Waals surface area contributed by atoms with Gasteiger partial charge in [0.15, 0.2) is 0 Å². The van der Waals surface area contributed by atoms with Gasteiger partial charge in [0, 0.05) is 22.6 Å². The molecule has 134 valence electrons. The number of amides is 1. The number of halogens is 2. The van der Waals surface area contributed by atoms with E-state index in [0.29, 0.717) is 10.6 Å². The molecule has 2 heterocycles. The highest BCUT2D eigenvalue weighted by Gasteiger charge is 2.16. The van der Waals surface area contributed by atoms with E-state index >= 15 is 0 Å². The number of sulfonamides is 1. The molecule has 3 aromatic rings. The average Bonchev–Trinajstić information content (AvgIpc) is 2.95. The van der Waals surface area contributed by atoms with E-state index in [1.807, 2.05) is 0 Å². The fourth-order valence-electron chi connectivity index (χ4n) is 1.90. The van der Waals surface area contributed by atoms with Crippen LogP contribution in [0.1, 0.15) is 9.67 Å². The molecule has 0 aliphatic rings. The Kier molecular flexibility index (Phi) is 5.70. The van der Waals surface area contributed by atoms with Crippen LogP contribution in [0.15, 0.2) is 61.9 Å². The molecule has 2 N–H and O–H groups in total. The Bertz CT molecular complexity index is 1020. The van der Waals surface area contributed by atoms with Gasteiger partial charge in [-0.1, -0.05) is 0 Å². The predicted molar refractivity (Wildman–Crippen MR) is 107 cm³/mol. The van der Waals surface area contributed by atoms with Gasteiger partial charge in [0.2, 0.25) is 5.95 Å². The Morgan fingerprint density at radius 1 is 1.08 bits per heavy atom. The summed E-state index contributed by atoms with van der Waals surface area (Å²) in [4.78, 5) is 20.4. The molecule has 3 rings (SSSR count). The van der Waals surface area contributed by atoms with Crippen molar-refractivity contribution < 1.29 is 13.2 Å². The normalized spacial score (nSPS) is 11.2. The van der Waals surface area contributed by atoms with Gasteiger partial charge in [-0.3, -0.25) is 4.79 Å². The van der Waals surface area contributed by atoms with Gasteiger partial charge in [-0.2, -0.15) is 0 Å². The number of anilines is 2. The Morgan fingerprint density at radius 2 is 1.73 bits per heavy atom. The molecular formula is C15H10Br2N4O3S2. The number of nitrogens with zero attached hydrogens (tertiary/aromatic N) is 2. The quantitative estimate of drug-likeness (QED) is 0.530. The molecular weight excluding hydrogens is 508 g/mol. The summed E-state index contributed by atoms with van der Waals surface area (Å²) in [6.45, 7) is 0. The molecule has 0 saturated heterocycles. The third-order valence-corrected chi connectivity index (χ3v) is 7.68. The summed E-state index contributed by atoms with van der Waals surface area (Å²) in [5.41, 5.74) is 0.477. The highest BCUT2D eigenvalue weighted by Crippen LogP contribution is 2.32. The number of hydrogen-bond acceptors (Lipinski definition) is 6. The lowest BCUT2D eigenvalue weighted by atomic mass is 10.3. The average molecular weight is 518 g/mol. The van der Waals surface area contributed by atoms with Gasteiger partial charge in [0.25, 0.3) is 15.9 Å². The van der Waals surface area contributed by atoms with Crippen LogP contribution in [-0.2, 0) is 10.0 Å². The number of carbonyl (C=O) groups is 1. The van der Waals surface area contributed by atoms with Crippen molar-refractivity contribution in [2.45, 2.75) is 4.90 Å². The fraction of sp³-hybridized carbons (Fsp3) is 0. The summed E-state index contributed by atoms with van der Waals surface area (Å²) in [6.07, 6.45) is 2.87. The molecule has 0 unspecified atom stereocenters. The summed E-state index contributed by atoms with van der Waals surface area (Å²) in [5.74, 6) is -0.299. The predicted octanol–water partition coefficient (Wildman–Crippen LogP) is 4.12. The Morgan fingerprint density at radius 3 is 2.31 bits per heavy atom. The summed E-state index contributed by atoms with van der Waals surface area (Å²) in [6, 6.07) is 9.08. The fourth-order valence-corrected chi connectivity index (χ4v) is 4.79. The molecule has 0 radical (unpaired) electrons. The van der Waals surface area contributed by atoms with Crippen LogP contribution in [0.25, 0.3) is 0 Å². The van der Waals surface area contributed by atoms with Crippen LogP contribution in [0.5, 0.6) is 0 Å². The summed E-state index contributed by atoms with van der Waals surface area (Å²) >= 11 is 7.95. The number of hydrogen-bond donors (Lipinski definition) is 2. The largest absolute Gasteiger partial charge is 0.321 e. The van der Waals surface area contributed by atoms with Crippen molar-refractivity contribution in [2.75, 3.05) is 10.0 Å². The first-order valence-corrected chi connectivity index (χ1v) is 10.9. The maximum absolute atomic E-state index is 12.3. The third-order valence-electron chi connectivity index (χ3n) is 3.08. The van der Waals surface area contributed by atoms with Crippen molar-refractivity contribution in [3.05, 3.63) is 61.9 Å². The molecule has 7 nitrogen and oxygen atoms in total. The smallest absolute Gasteiger partial charge is 0.265 e. The second-order valence-electron chi connectivity index (χ2n) is 4.89. The maximum Gasteiger partial charge on any atom is 0.265 e. The maximum atomic E-state index is 12.3. The molecule has 0 saturated carbocycles. The van der Waals surface area contributed by atoms with E-state index in [2.05, 4.69) is 51.9 Å². The topological polar surface area (TPSA) is 101 Å². The van der Waals surface area contributed by atoms with E-state index in [-0.39, 0.29) is 16.8 Å². The van der Waals surface area contributed by atoms with Gasteiger partial charge in [-0.25, -0.2) is 23.1 Å². The molecule has 0 aliphatic carbocycles. The number of aromatic nitrogens is 2. The van der Waals surface area contributed by atoms with Gasteiger partial charge < -0.3 is 5.32 Å². The van der Waals surface area contributed by atoms with Crippen molar-refractivity contribution in [2.24, 2.45) is 0 Å². The molecule has 26 heavy (non-hydrogen) atoms. The molecule has 0 spiro atoms. The van der Waals surface area contributed by atoms with E-state index in [0.717, 1.165) is 8.26 Å². The number of nitrogens with one attached hydrogen (secondary N) is 2. The zero-order valence-electron chi connectivity index (χ0n) is 12.8. The van der Waals surface area contributed by atoms with Crippen molar-refractivity contribution in [1.82, 2.24) is 9.97 Å². The lowest BCUT2D eigenvalue weighted by Gasteiger charge is -2.08.